The minimum absolute atomic E-state index is 0.0173. The quantitative estimate of drug-likeness (QED) is 0.793. The first-order chi connectivity index (χ1) is 10.2. The summed E-state index contributed by atoms with van der Waals surface area (Å²) in [7, 11) is 1.65. The maximum absolute atomic E-state index is 12.0. The molecular formula is C14H17N3O2S2. The summed E-state index contributed by atoms with van der Waals surface area (Å²) in [6.45, 7) is 2.49. The molecule has 1 atom stereocenters. The first-order valence-electron chi connectivity index (χ1n) is 6.52. The number of benzene rings is 1. The van der Waals surface area contributed by atoms with E-state index in [0.29, 0.717) is 6.54 Å². The van der Waals surface area contributed by atoms with Crippen molar-refractivity contribution < 1.29 is 9.53 Å². The minimum atomic E-state index is -0.172. The summed E-state index contributed by atoms with van der Waals surface area (Å²) in [6, 6.07) is 7.85. The van der Waals surface area contributed by atoms with Crippen molar-refractivity contribution in [3.63, 3.8) is 0 Å². The third kappa shape index (κ3) is 5.02. The number of nitrogens with one attached hydrogen (secondary N) is 1. The number of thioether (sulfide) groups is 1. The lowest BCUT2D eigenvalue weighted by Crippen LogP contribution is -2.32. The molecule has 112 valence electrons. The first-order valence-corrected chi connectivity index (χ1v) is 8.28. The molecule has 0 unspecified atom stereocenters. The highest BCUT2D eigenvalue weighted by Crippen LogP contribution is 2.23. The molecule has 1 aromatic heterocycles. The first kappa shape index (κ1) is 15.8. The molecule has 0 fully saturated rings. The van der Waals surface area contributed by atoms with Crippen LogP contribution in [0.1, 0.15) is 12.5 Å². The van der Waals surface area contributed by atoms with Crippen molar-refractivity contribution in [2.24, 2.45) is 0 Å². The second-order valence-corrected chi connectivity index (χ2v) is 6.77. The summed E-state index contributed by atoms with van der Waals surface area (Å²) in [6.07, 6.45) is 0.798. The zero-order valence-corrected chi connectivity index (χ0v) is 13.5. The van der Waals surface area contributed by atoms with Crippen molar-refractivity contribution in [1.82, 2.24) is 15.5 Å². The molecule has 0 saturated heterocycles. The molecule has 0 aliphatic carbocycles. The van der Waals surface area contributed by atoms with Crippen molar-refractivity contribution in [3.05, 3.63) is 35.3 Å². The average molecular weight is 323 g/mol. The van der Waals surface area contributed by atoms with Crippen LogP contribution in [0, 0.1) is 0 Å². The molecule has 1 aromatic carbocycles. The number of rotatable bonds is 7. The van der Waals surface area contributed by atoms with Crippen LogP contribution in [-0.4, -0.2) is 35.0 Å². The lowest BCUT2D eigenvalue weighted by atomic mass is 10.1. The summed E-state index contributed by atoms with van der Waals surface area (Å²) in [4.78, 5) is 12.0. The highest BCUT2D eigenvalue weighted by molar-refractivity contribution is 8.02. The SMILES string of the molecule is COc1ccc(CCNC(=O)[C@H](C)Sc2nncs2)cc1. The van der Waals surface area contributed by atoms with Crippen molar-refractivity contribution in [3.8, 4) is 5.75 Å². The van der Waals surface area contributed by atoms with Gasteiger partial charge in [-0.3, -0.25) is 4.79 Å². The van der Waals surface area contributed by atoms with Crippen LogP contribution < -0.4 is 10.1 Å². The average Bonchev–Trinajstić information content (AvgIpc) is 3.00. The smallest absolute Gasteiger partial charge is 0.233 e. The van der Waals surface area contributed by atoms with Crippen LogP contribution in [0.4, 0.5) is 0 Å². The van der Waals surface area contributed by atoms with Gasteiger partial charge in [0.05, 0.1) is 12.4 Å². The Balaban J connectivity index is 1.73. The molecule has 2 rings (SSSR count). The van der Waals surface area contributed by atoms with Crippen LogP contribution in [0.5, 0.6) is 5.75 Å². The van der Waals surface area contributed by atoms with Gasteiger partial charge in [0.25, 0.3) is 0 Å². The van der Waals surface area contributed by atoms with Gasteiger partial charge in [-0.15, -0.1) is 10.2 Å². The van der Waals surface area contributed by atoms with Gasteiger partial charge in [-0.1, -0.05) is 35.2 Å². The fraction of sp³-hybridized carbons (Fsp3) is 0.357. The number of ether oxygens (including phenoxy) is 1. The van der Waals surface area contributed by atoms with Crippen molar-refractivity contribution in [2.75, 3.05) is 13.7 Å². The Labute approximate surface area is 132 Å². The van der Waals surface area contributed by atoms with Gasteiger partial charge in [0.15, 0.2) is 4.34 Å². The lowest BCUT2D eigenvalue weighted by Gasteiger charge is -2.10. The topological polar surface area (TPSA) is 64.1 Å². The van der Waals surface area contributed by atoms with E-state index in [1.54, 1.807) is 12.6 Å². The van der Waals surface area contributed by atoms with E-state index < -0.39 is 0 Å². The third-order valence-electron chi connectivity index (χ3n) is 2.86. The van der Waals surface area contributed by atoms with Crippen LogP contribution >= 0.6 is 23.1 Å². The number of carbonyl (C=O) groups excluding carboxylic acids is 1. The molecule has 0 radical (unpaired) electrons. The maximum atomic E-state index is 12.0. The van der Waals surface area contributed by atoms with E-state index >= 15 is 0 Å². The fourth-order valence-electron chi connectivity index (χ4n) is 1.68. The van der Waals surface area contributed by atoms with Gasteiger partial charge in [-0.05, 0) is 31.0 Å². The van der Waals surface area contributed by atoms with Gasteiger partial charge in [-0.25, -0.2) is 0 Å². The van der Waals surface area contributed by atoms with Gasteiger partial charge in [0.2, 0.25) is 5.91 Å². The predicted octanol–water partition coefficient (Wildman–Crippen LogP) is 2.39. The van der Waals surface area contributed by atoms with E-state index in [0.717, 1.165) is 16.5 Å². The Morgan fingerprint density at radius 2 is 2.19 bits per heavy atom. The lowest BCUT2D eigenvalue weighted by molar-refractivity contribution is -0.120. The molecule has 1 amide bonds. The standard InChI is InChI=1S/C14H17N3O2S2/c1-10(21-14-17-16-9-20-14)13(18)15-8-7-11-3-5-12(19-2)6-4-11/h3-6,9-10H,7-8H2,1-2H3,(H,15,18)/t10-/m0/s1. The maximum Gasteiger partial charge on any atom is 0.233 e. The van der Waals surface area contributed by atoms with E-state index in [1.165, 1.54) is 28.7 Å². The number of carbonyl (C=O) groups is 1. The number of hydrogen-bond donors (Lipinski definition) is 1. The Morgan fingerprint density at radius 1 is 1.43 bits per heavy atom. The van der Waals surface area contributed by atoms with E-state index in [4.69, 9.17) is 4.74 Å². The molecule has 0 aliphatic rings. The minimum Gasteiger partial charge on any atom is -0.497 e. The summed E-state index contributed by atoms with van der Waals surface area (Å²) in [5.74, 6) is 0.855. The van der Waals surface area contributed by atoms with E-state index in [9.17, 15) is 4.79 Å². The van der Waals surface area contributed by atoms with Crippen LogP contribution in [-0.2, 0) is 11.2 Å². The normalized spacial score (nSPS) is 11.9. The summed E-state index contributed by atoms with van der Waals surface area (Å²) < 4.78 is 5.92. The molecule has 0 bridgehead atoms. The van der Waals surface area contributed by atoms with Crippen molar-refractivity contribution in [2.45, 2.75) is 22.9 Å². The zero-order valence-electron chi connectivity index (χ0n) is 11.9. The highest BCUT2D eigenvalue weighted by Gasteiger charge is 2.15. The summed E-state index contributed by atoms with van der Waals surface area (Å²) in [5, 5.41) is 10.4. The number of methoxy groups -OCH3 is 1. The molecular weight excluding hydrogens is 306 g/mol. The number of nitrogens with zero attached hydrogens (tertiary/aromatic N) is 2. The number of aromatic nitrogens is 2. The highest BCUT2D eigenvalue weighted by atomic mass is 32.2. The Bertz CT molecular complexity index is 558. The van der Waals surface area contributed by atoms with Crippen molar-refractivity contribution >= 4 is 29.0 Å². The summed E-state index contributed by atoms with van der Waals surface area (Å²) >= 11 is 2.87. The van der Waals surface area contributed by atoms with E-state index in [-0.39, 0.29) is 11.2 Å². The molecule has 0 spiro atoms. The number of hydrogen-bond acceptors (Lipinski definition) is 6. The van der Waals surface area contributed by atoms with Gasteiger partial charge in [-0.2, -0.15) is 0 Å². The van der Waals surface area contributed by atoms with Gasteiger partial charge in [0, 0.05) is 6.54 Å². The van der Waals surface area contributed by atoms with Gasteiger partial charge in [0.1, 0.15) is 11.3 Å². The molecule has 7 heteroatoms. The molecule has 21 heavy (non-hydrogen) atoms. The van der Waals surface area contributed by atoms with E-state index in [1.807, 2.05) is 31.2 Å². The molecule has 1 N–H and O–H groups in total. The zero-order chi connectivity index (χ0) is 15.1. The Morgan fingerprint density at radius 3 is 2.81 bits per heavy atom. The van der Waals surface area contributed by atoms with Crippen LogP contribution in [0.2, 0.25) is 0 Å². The monoisotopic (exact) mass is 323 g/mol. The van der Waals surface area contributed by atoms with Crippen LogP contribution in [0.3, 0.4) is 0 Å². The Hall–Kier alpha value is -1.60. The molecule has 2 aromatic rings. The van der Waals surface area contributed by atoms with Gasteiger partial charge < -0.3 is 10.1 Å². The third-order valence-corrected chi connectivity index (χ3v) is 4.77. The summed E-state index contributed by atoms with van der Waals surface area (Å²) in [5.41, 5.74) is 2.83. The molecule has 5 nitrogen and oxygen atoms in total. The predicted molar refractivity (Wildman–Crippen MR) is 84.9 cm³/mol. The molecule has 1 heterocycles. The largest absolute Gasteiger partial charge is 0.497 e. The second-order valence-electron chi connectivity index (χ2n) is 4.35. The second kappa shape index (κ2) is 7.99. The van der Waals surface area contributed by atoms with Crippen LogP contribution in [0.15, 0.2) is 34.1 Å². The molecule has 0 aliphatic heterocycles. The van der Waals surface area contributed by atoms with Crippen LogP contribution in [0.25, 0.3) is 0 Å². The van der Waals surface area contributed by atoms with E-state index in [2.05, 4.69) is 15.5 Å². The fourth-order valence-corrected chi connectivity index (χ4v) is 3.34. The molecule has 0 saturated carbocycles. The van der Waals surface area contributed by atoms with Crippen molar-refractivity contribution in [1.29, 1.82) is 0 Å². The van der Waals surface area contributed by atoms with Gasteiger partial charge >= 0.3 is 0 Å². The number of amides is 1. The Kier molecular flexibility index (Phi) is 6.01.